The Hall–Kier alpha value is -1.63. The molecule has 2 aromatic rings. The van der Waals surface area contributed by atoms with Crippen LogP contribution in [0.2, 0.25) is 0 Å². The molecule has 2 rings (SSSR count). The van der Waals surface area contributed by atoms with E-state index in [4.69, 9.17) is 4.11 Å². The minimum absolute atomic E-state index is 0.429. The largest absolute Gasteiger partial charge is 0.212 e. The van der Waals surface area contributed by atoms with Crippen molar-refractivity contribution in [1.82, 2.24) is 0 Å². The predicted molar refractivity (Wildman–Crippen MR) is 90.3 cm³/mol. The molecule has 0 bridgehead atoms. The maximum absolute atomic E-state index is 8.39. The second-order valence-corrected chi connectivity index (χ2v) is 6.05. The highest BCUT2D eigenvalue weighted by Crippen LogP contribution is 2.24. The van der Waals surface area contributed by atoms with Crippen LogP contribution in [0.5, 0.6) is 0 Å². The second kappa shape index (κ2) is 6.89. The molecule has 1 nitrogen and oxygen atoms in total. The van der Waals surface area contributed by atoms with Gasteiger partial charge in [-0.1, -0.05) is 45.4 Å². The number of aromatic nitrogens is 1. The molecular formula is C20H28N+. The Labute approximate surface area is 133 Å². The van der Waals surface area contributed by atoms with Crippen LogP contribution in [-0.4, -0.2) is 0 Å². The van der Waals surface area contributed by atoms with Gasteiger partial charge in [-0.25, -0.2) is 4.57 Å². The summed E-state index contributed by atoms with van der Waals surface area (Å²) in [5.41, 5.74) is 5.09. The van der Waals surface area contributed by atoms with Crippen molar-refractivity contribution < 1.29 is 8.68 Å². The fourth-order valence-corrected chi connectivity index (χ4v) is 2.71. The summed E-state index contributed by atoms with van der Waals surface area (Å²) in [7, 11) is 1.95. The summed E-state index contributed by atoms with van der Waals surface area (Å²) in [6, 6.07) is 10.4. The number of aryl methyl sites for hydroxylation is 3. The van der Waals surface area contributed by atoms with Gasteiger partial charge in [0.2, 0.25) is 5.69 Å². The van der Waals surface area contributed by atoms with Gasteiger partial charge in [-0.3, -0.25) is 0 Å². The lowest BCUT2D eigenvalue weighted by atomic mass is 9.94. The quantitative estimate of drug-likeness (QED) is 0.705. The van der Waals surface area contributed by atoms with Crippen molar-refractivity contribution in [3.63, 3.8) is 0 Å². The van der Waals surface area contributed by atoms with Crippen molar-refractivity contribution in [2.45, 2.75) is 46.9 Å². The Morgan fingerprint density at radius 3 is 2.52 bits per heavy atom. The molecule has 0 spiro atoms. The average molecular weight is 285 g/mol. The van der Waals surface area contributed by atoms with E-state index in [0.29, 0.717) is 11.5 Å². The van der Waals surface area contributed by atoms with Gasteiger partial charge in [-0.15, -0.1) is 0 Å². The van der Waals surface area contributed by atoms with Crippen molar-refractivity contribution in [3.05, 3.63) is 53.2 Å². The Morgan fingerprint density at radius 2 is 1.90 bits per heavy atom. The predicted octanol–water partition coefficient (Wildman–Crippen LogP) is 4.64. The third-order valence-corrected chi connectivity index (χ3v) is 3.71. The summed E-state index contributed by atoms with van der Waals surface area (Å²) in [6.45, 7) is 8.00. The van der Waals surface area contributed by atoms with Crippen molar-refractivity contribution in [1.29, 1.82) is 0 Å². The SMILES string of the molecule is [2H]C(C)C([2H])([2H])c1c[n+](C)c(-c2ccccc2C)cc1CC(C)C. The van der Waals surface area contributed by atoms with Gasteiger partial charge < -0.3 is 0 Å². The third-order valence-electron chi connectivity index (χ3n) is 3.71. The van der Waals surface area contributed by atoms with Gasteiger partial charge in [0.25, 0.3) is 0 Å². The fraction of sp³-hybridized carbons (Fsp3) is 0.450. The molecule has 0 aliphatic carbocycles. The van der Waals surface area contributed by atoms with E-state index < -0.39 is 12.8 Å². The van der Waals surface area contributed by atoms with E-state index in [1.165, 1.54) is 5.56 Å². The standard InChI is InChI=1S/C20H28N/c1-6-9-17-14-21(5)20(13-18(17)12-15(2)3)19-11-8-7-10-16(19)4/h7-8,10-11,13-15H,6,9,12H2,1-5H3/q+1/i6D,9D2. The van der Waals surface area contributed by atoms with Crippen LogP contribution in [0, 0.1) is 12.8 Å². The highest BCUT2D eigenvalue weighted by atomic mass is 14.9. The zero-order valence-electron chi connectivity index (χ0n) is 16.8. The van der Waals surface area contributed by atoms with Crippen LogP contribution in [0.3, 0.4) is 0 Å². The first-order chi connectivity index (χ1) is 11.1. The minimum atomic E-state index is -1.66. The molecule has 1 unspecified atom stereocenters. The van der Waals surface area contributed by atoms with Gasteiger partial charge in [0.05, 0.1) is 0 Å². The normalized spacial score (nSPS) is 15.4. The van der Waals surface area contributed by atoms with Crippen molar-refractivity contribution in [3.8, 4) is 11.3 Å². The Balaban J connectivity index is 2.68. The smallest absolute Gasteiger partial charge is 0.201 e. The lowest BCUT2D eigenvalue weighted by Crippen LogP contribution is -2.32. The Bertz CT molecular complexity index is 721. The molecule has 0 radical (unpaired) electrons. The van der Waals surface area contributed by atoms with Crippen molar-refractivity contribution >= 4 is 0 Å². The molecule has 1 atom stereocenters. The molecule has 0 amide bonds. The summed E-state index contributed by atoms with van der Waals surface area (Å²) in [5, 5.41) is 0. The van der Waals surface area contributed by atoms with E-state index in [0.717, 1.165) is 23.2 Å². The third kappa shape index (κ3) is 3.72. The monoisotopic (exact) mass is 285 g/mol. The molecule has 0 aliphatic rings. The first-order valence-electron chi connectivity index (χ1n) is 9.23. The van der Waals surface area contributed by atoms with E-state index in [2.05, 4.69) is 39.0 Å². The Kier molecular flexibility index (Phi) is 3.92. The van der Waals surface area contributed by atoms with Gasteiger partial charge >= 0.3 is 0 Å². The van der Waals surface area contributed by atoms with E-state index in [9.17, 15) is 0 Å². The number of rotatable bonds is 5. The van der Waals surface area contributed by atoms with Gasteiger partial charge in [-0.05, 0) is 42.8 Å². The summed E-state index contributed by atoms with van der Waals surface area (Å²) in [4.78, 5) is 0. The number of hydrogen-bond donors (Lipinski definition) is 0. The molecule has 0 saturated carbocycles. The molecule has 1 aromatic carbocycles. The molecule has 1 aromatic heterocycles. The summed E-state index contributed by atoms with van der Waals surface area (Å²) < 4.78 is 26.7. The number of hydrogen-bond acceptors (Lipinski definition) is 0. The maximum atomic E-state index is 8.39. The number of nitrogens with zero attached hydrogens (tertiary/aromatic N) is 1. The van der Waals surface area contributed by atoms with Crippen LogP contribution < -0.4 is 4.57 Å². The van der Waals surface area contributed by atoms with Gasteiger partial charge in [0.1, 0.15) is 7.05 Å². The van der Waals surface area contributed by atoms with E-state index in [1.807, 2.05) is 29.9 Å². The average Bonchev–Trinajstić information content (AvgIpc) is 2.48. The topological polar surface area (TPSA) is 3.88 Å². The van der Waals surface area contributed by atoms with Crippen LogP contribution in [0.4, 0.5) is 0 Å². The fourth-order valence-electron chi connectivity index (χ4n) is 2.71. The Morgan fingerprint density at radius 1 is 1.19 bits per heavy atom. The molecule has 21 heavy (non-hydrogen) atoms. The molecule has 1 heteroatoms. The maximum Gasteiger partial charge on any atom is 0.212 e. The van der Waals surface area contributed by atoms with Crippen molar-refractivity contribution in [2.24, 2.45) is 13.0 Å². The second-order valence-electron chi connectivity index (χ2n) is 6.05. The lowest BCUT2D eigenvalue weighted by Gasteiger charge is -2.13. The van der Waals surface area contributed by atoms with Gasteiger partial charge in [0.15, 0.2) is 6.20 Å². The lowest BCUT2D eigenvalue weighted by molar-refractivity contribution is -0.660. The zero-order chi connectivity index (χ0) is 18.1. The van der Waals surface area contributed by atoms with Gasteiger partial charge in [0, 0.05) is 21.3 Å². The van der Waals surface area contributed by atoms with E-state index in [-0.39, 0.29) is 0 Å². The van der Waals surface area contributed by atoms with Crippen LogP contribution in [0.1, 0.15) is 48.0 Å². The van der Waals surface area contributed by atoms with Crippen LogP contribution >= 0.6 is 0 Å². The highest BCUT2D eigenvalue weighted by molar-refractivity contribution is 5.61. The molecule has 0 N–H and O–H groups in total. The molecule has 0 fully saturated rings. The van der Waals surface area contributed by atoms with Crippen LogP contribution in [0.25, 0.3) is 11.3 Å². The molecule has 0 saturated heterocycles. The number of benzene rings is 1. The molecule has 0 aliphatic heterocycles. The van der Waals surface area contributed by atoms with Crippen LogP contribution in [-0.2, 0) is 19.8 Å². The minimum Gasteiger partial charge on any atom is -0.201 e. The summed E-state index contributed by atoms with van der Waals surface area (Å²) in [5.74, 6) is 0.429. The van der Waals surface area contributed by atoms with Crippen LogP contribution in [0.15, 0.2) is 36.5 Å². The summed E-state index contributed by atoms with van der Waals surface area (Å²) in [6.07, 6.45) is 0.214. The highest BCUT2D eigenvalue weighted by Gasteiger charge is 2.17. The van der Waals surface area contributed by atoms with Crippen molar-refractivity contribution in [2.75, 3.05) is 0 Å². The van der Waals surface area contributed by atoms with E-state index >= 15 is 0 Å². The first kappa shape index (κ1) is 12.0. The zero-order valence-corrected chi connectivity index (χ0v) is 13.8. The van der Waals surface area contributed by atoms with Gasteiger partial charge in [-0.2, -0.15) is 0 Å². The molecular weight excluding hydrogens is 254 g/mol. The molecule has 1 heterocycles. The van der Waals surface area contributed by atoms with E-state index in [1.54, 1.807) is 6.92 Å². The molecule has 112 valence electrons. The number of pyridine rings is 1. The summed E-state index contributed by atoms with van der Waals surface area (Å²) >= 11 is 0. The first-order valence-corrected chi connectivity index (χ1v) is 7.65.